The van der Waals surface area contributed by atoms with E-state index in [-0.39, 0.29) is 23.5 Å². The van der Waals surface area contributed by atoms with Crippen molar-refractivity contribution in [3.63, 3.8) is 0 Å². The zero-order valence-corrected chi connectivity index (χ0v) is 15.2. The van der Waals surface area contributed by atoms with Crippen LogP contribution in [0.2, 0.25) is 0 Å². The smallest absolute Gasteiger partial charge is 0.273 e. The van der Waals surface area contributed by atoms with Gasteiger partial charge in [-0.05, 0) is 50.2 Å². The highest BCUT2D eigenvalue weighted by atomic mass is 19.1. The molecule has 7 nitrogen and oxygen atoms in total. The Morgan fingerprint density at radius 2 is 2.00 bits per heavy atom. The topological polar surface area (TPSA) is 86.1 Å². The average Bonchev–Trinajstić information content (AvgIpc) is 3.43. The molecule has 1 unspecified atom stereocenters. The number of carbonyl (C=O) groups excluding carboxylic acids is 1. The molecule has 0 saturated heterocycles. The molecule has 3 aromatic heterocycles. The summed E-state index contributed by atoms with van der Waals surface area (Å²) in [6.07, 6.45) is 3.20. The molecule has 0 radical (unpaired) electrons. The molecular formula is C20H17FN4O3. The summed E-state index contributed by atoms with van der Waals surface area (Å²) in [6.45, 7) is 3.74. The molecule has 8 heteroatoms. The van der Waals surface area contributed by atoms with Gasteiger partial charge in [0, 0.05) is 17.3 Å². The van der Waals surface area contributed by atoms with Gasteiger partial charge in [0.25, 0.3) is 5.91 Å². The lowest BCUT2D eigenvalue weighted by Crippen LogP contribution is -2.27. The lowest BCUT2D eigenvalue weighted by Gasteiger charge is -2.13. The number of amides is 1. The van der Waals surface area contributed by atoms with E-state index >= 15 is 0 Å². The largest absolute Gasteiger partial charge is 0.461 e. The van der Waals surface area contributed by atoms with Crippen molar-refractivity contribution in [1.82, 2.24) is 20.3 Å². The minimum atomic E-state index is -0.372. The molecular weight excluding hydrogens is 363 g/mol. The Morgan fingerprint density at radius 1 is 1.21 bits per heavy atom. The Morgan fingerprint density at radius 3 is 2.71 bits per heavy atom. The summed E-state index contributed by atoms with van der Waals surface area (Å²) in [7, 11) is 0. The minimum Gasteiger partial charge on any atom is -0.461 e. The molecule has 0 spiro atoms. The lowest BCUT2D eigenvalue weighted by atomic mass is 10.1. The first-order valence-electron chi connectivity index (χ1n) is 8.65. The molecule has 0 fully saturated rings. The number of nitrogens with one attached hydrogen (secondary N) is 1. The summed E-state index contributed by atoms with van der Waals surface area (Å²) in [6, 6.07) is 10.7. The quantitative estimate of drug-likeness (QED) is 0.564. The number of rotatable bonds is 5. The van der Waals surface area contributed by atoms with Crippen molar-refractivity contribution >= 4 is 5.91 Å². The Bertz CT molecular complexity index is 1100. The second-order valence-electron chi connectivity index (χ2n) is 6.32. The van der Waals surface area contributed by atoms with E-state index in [2.05, 4.69) is 15.6 Å². The fourth-order valence-electron chi connectivity index (χ4n) is 2.96. The summed E-state index contributed by atoms with van der Waals surface area (Å²) in [5.41, 5.74) is 2.58. The van der Waals surface area contributed by atoms with Gasteiger partial charge in [-0.3, -0.25) is 4.79 Å². The van der Waals surface area contributed by atoms with Gasteiger partial charge in [0.15, 0.2) is 11.5 Å². The molecule has 4 rings (SSSR count). The average molecular weight is 380 g/mol. The van der Waals surface area contributed by atoms with E-state index in [1.165, 1.54) is 24.5 Å². The van der Waals surface area contributed by atoms with Crippen molar-refractivity contribution < 1.29 is 18.1 Å². The first kappa shape index (κ1) is 17.7. The second kappa shape index (κ2) is 7.15. The highest BCUT2D eigenvalue weighted by Crippen LogP contribution is 2.23. The molecule has 0 aliphatic carbocycles. The molecule has 142 valence electrons. The maximum Gasteiger partial charge on any atom is 0.273 e. The minimum absolute atomic E-state index is 0.154. The molecule has 1 atom stereocenters. The summed E-state index contributed by atoms with van der Waals surface area (Å²) in [5.74, 6) is 0.193. The lowest BCUT2D eigenvalue weighted by molar-refractivity contribution is 0.0930. The molecule has 3 heterocycles. The summed E-state index contributed by atoms with van der Waals surface area (Å²) in [5, 5.41) is 11.0. The Labute approximate surface area is 159 Å². The number of furan rings is 1. The van der Waals surface area contributed by atoms with E-state index in [4.69, 9.17) is 8.94 Å². The third-order valence-corrected chi connectivity index (χ3v) is 4.44. The third-order valence-electron chi connectivity index (χ3n) is 4.44. The van der Waals surface area contributed by atoms with Crippen molar-refractivity contribution in [2.24, 2.45) is 0 Å². The maximum absolute atomic E-state index is 13.1. The molecule has 0 bridgehead atoms. The number of halogens is 1. The third kappa shape index (κ3) is 3.32. The van der Waals surface area contributed by atoms with Crippen LogP contribution in [0.15, 0.2) is 63.9 Å². The fourth-order valence-corrected chi connectivity index (χ4v) is 2.96. The molecule has 0 aliphatic heterocycles. The van der Waals surface area contributed by atoms with Gasteiger partial charge in [-0.25, -0.2) is 9.07 Å². The predicted molar refractivity (Wildman–Crippen MR) is 98.3 cm³/mol. The van der Waals surface area contributed by atoms with Crippen molar-refractivity contribution in [1.29, 1.82) is 0 Å². The highest BCUT2D eigenvalue weighted by Gasteiger charge is 2.20. The Kier molecular flexibility index (Phi) is 4.52. The van der Waals surface area contributed by atoms with Gasteiger partial charge >= 0.3 is 0 Å². The standard InChI is InChI=1S/C20H17FN4O3/c1-12(16-11-22-25(13(16)2)15-7-5-14(21)6-8-15)23-20(26)17-10-19(28-24-17)18-4-3-9-27-18/h3-12H,1-2H3,(H,23,26). The Hall–Kier alpha value is -3.68. The van der Waals surface area contributed by atoms with Crippen molar-refractivity contribution in [2.75, 3.05) is 0 Å². The Balaban J connectivity index is 1.50. The van der Waals surface area contributed by atoms with Crippen LogP contribution in [0.4, 0.5) is 4.39 Å². The van der Waals surface area contributed by atoms with E-state index in [9.17, 15) is 9.18 Å². The summed E-state index contributed by atoms with van der Waals surface area (Å²) < 4.78 is 25.2. The van der Waals surface area contributed by atoms with Gasteiger partial charge in [-0.1, -0.05) is 5.16 Å². The highest BCUT2D eigenvalue weighted by molar-refractivity contribution is 5.93. The van der Waals surface area contributed by atoms with Crippen LogP contribution >= 0.6 is 0 Å². The van der Waals surface area contributed by atoms with Crippen LogP contribution in [0, 0.1) is 12.7 Å². The number of aromatic nitrogens is 3. The van der Waals surface area contributed by atoms with Crippen molar-refractivity contribution in [2.45, 2.75) is 19.9 Å². The molecule has 4 aromatic rings. The zero-order chi connectivity index (χ0) is 19.7. The van der Waals surface area contributed by atoms with Crippen LogP contribution < -0.4 is 5.32 Å². The van der Waals surface area contributed by atoms with E-state index < -0.39 is 0 Å². The molecule has 1 amide bonds. The molecule has 1 N–H and O–H groups in total. The van der Waals surface area contributed by atoms with Crippen molar-refractivity contribution in [3.8, 4) is 17.2 Å². The number of hydrogen-bond acceptors (Lipinski definition) is 5. The summed E-state index contributed by atoms with van der Waals surface area (Å²) in [4.78, 5) is 12.5. The normalized spacial score (nSPS) is 12.1. The van der Waals surface area contributed by atoms with Gasteiger partial charge in [0.05, 0.1) is 24.2 Å². The zero-order valence-electron chi connectivity index (χ0n) is 15.2. The second-order valence-corrected chi connectivity index (χ2v) is 6.32. The number of benzene rings is 1. The first-order valence-corrected chi connectivity index (χ1v) is 8.65. The van der Waals surface area contributed by atoms with E-state index in [0.29, 0.717) is 11.5 Å². The van der Waals surface area contributed by atoms with Gasteiger partial charge in [0.2, 0.25) is 5.76 Å². The van der Waals surface area contributed by atoms with E-state index in [1.807, 2.05) is 13.8 Å². The fraction of sp³-hybridized carbons (Fsp3) is 0.150. The van der Waals surface area contributed by atoms with Gasteiger partial charge in [-0.2, -0.15) is 5.10 Å². The van der Waals surface area contributed by atoms with E-state index in [0.717, 1.165) is 16.9 Å². The maximum atomic E-state index is 13.1. The van der Waals surface area contributed by atoms with Crippen LogP contribution in [-0.4, -0.2) is 20.8 Å². The first-order chi connectivity index (χ1) is 13.5. The van der Waals surface area contributed by atoms with Gasteiger partial charge < -0.3 is 14.3 Å². The number of carbonyl (C=O) groups is 1. The van der Waals surface area contributed by atoms with Crippen LogP contribution in [0.25, 0.3) is 17.2 Å². The van der Waals surface area contributed by atoms with Gasteiger partial charge in [-0.15, -0.1) is 0 Å². The number of nitrogens with zero attached hydrogens (tertiary/aromatic N) is 3. The van der Waals surface area contributed by atoms with Crippen LogP contribution in [0.5, 0.6) is 0 Å². The molecule has 28 heavy (non-hydrogen) atoms. The van der Waals surface area contributed by atoms with Crippen LogP contribution in [-0.2, 0) is 0 Å². The summed E-state index contributed by atoms with van der Waals surface area (Å²) >= 11 is 0. The van der Waals surface area contributed by atoms with E-state index in [1.54, 1.807) is 35.1 Å². The van der Waals surface area contributed by atoms with Crippen LogP contribution in [0.3, 0.4) is 0 Å². The molecule has 1 aromatic carbocycles. The molecule has 0 saturated carbocycles. The SMILES string of the molecule is Cc1c(C(C)NC(=O)c2cc(-c3ccco3)on2)cnn1-c1ccc(F)cc1. The van der Waals surface area contributed by atoms with Gasteiger partial charge in [0.1, 0.15) is 5.82 Å². The predicted octanol–water partition coefficient (Wildman–Crippen LogP) is 4.06. The monoisotopic (exact) mass is 380 g/mol. The van der Waals surface area contributed by atoms with Crippen molar-refractivity contribution in [3.05, 3.63) is 77.7 Å². The number of hydrogen-bond donors (Lipinski definition) is 1. The molecule has 0 aliphatic rings. The van der Waals surface area contributed by atoms with Crippen LogP contribution in [0.1, 0.15) is 34.7 Å².